The van der Waals surface area contributed by atoms with Crippen molar-refractivity contribution in [3.05, 3.63) is 58.8 Å². The van der Waals surface area contributed by atoms with Crippen LogP contribution in [0.25, 0.3) is 0 Å². The van der Waals surface area contributed by atoms with E-state index in [0.29, 0.717) is 12.1 Å². The number of pyridine rings is 1. The Bertz CT molecular complexity index is 703. The number of nitriles is 1. The lowest BCUT2D eigenvalue weighted by molar-refractivity contribution is -0.139. The molecule has 0 amide bonds. The molecule has 0 fully saturated rings. The molecule has 1 N–H and O–H groups in total. The Morgan fingerprint density at radius 3 is 2.59 bits per heavy atom. The Morgan fingerprint density at radius 2 is 2.00 bits per heavy atom. The van der Waals surface area contributed by atoms with Crippen molar-refractivity contribution >= 4 is 11.8 Å². The molecule has 0 aliphatic carbocycles. The monoisotopic (exact) mass is 295 g/mol. The lowest BCUT2D eigenvalue weighted by atomic mass is 10.1. The number of aromatic nitrogens is 1. The molecule has 22 heavy (non-hydrogen) atoms. The van der Waals surface area contributed by atoms with Crippen molar-refractivity contribution in [1.29, 1.82) is 5.26 Å². The average molecular weight is 295 g/mol. The topological polar surface area (TPSA) is 75.0 Å². The number of anilines is 1. The summed E-state index contributed by atoms with van der Waals surface area (Å²) in [6.45, 7) is 2.50. The number of hydrogen-bond donors (Lipinski definition) is 1. The van der Waals surface area contributed by atoms with Gasteiger partial charge in [0, 0.05) is 12.7 Å². The summed E-state index contributed by atoms with van der Waals surface area (Å²) in [7, 11) is 1.38. The predicted octanol–water partition coefficient (Wildman–Crippen LogP) is 2.59. The molecule has 0 unspecified atom stereocenters. The zero-order valence-corrected chi connectivity index (χ0v) is 12.6. The fourth-order valence-corrected chi connectivity index (χ4v) is 1.98. The molecule has 1 aromatic heterocycles. The van der Waals surface area contributed by atoms with Crippen LogP contribution in [0.15, 0.2) is 36.5 Å². The highest BCUT2D eigenvalue weighted by molar-refractivity contribution is 5.72. The smallest absolute Gasteiger partial charge is 0.309 e. The molecule has 5 nitrogen and oxygen atoms in total. The normalized spacial score (nSPS) is 9.86. The van der Waals surface area contributed by atoms with E-state index >= 15 is 0 Å². The van der Waals surface area contributed by atoms with Crippen LogP contribution in [0.2, 0.25) is 0 Å². The quantitative estimate of drug-likeness (QED) is 0.858. The minimum atomic E-state index is -0.247. The Balaban J connectivity index is 1.96. The van der Waals surface area contributed by atoms with Crippen molar-refractivity contribution in [3.8, 4) is 6.07 Å². The van der Waals surface area contributed by atoms with Gasteiger partial charge in [0.25, 0.3) is 0 Å². The zero-order chi connectivity index (χ0) is 15.9. The largest absolute Gasteiger partial charge is 0.469 e. The van der Waals surface area contributed by atoms with Crippen LogP contribution in [0.3, 0.4) is 0 Å². The van der Waals surface area contributed by atoms with E-state index in [1.807, 2.05) is 37.3 Å². The molecule has 1 aromatic carbocycles. The third-order valence-electron chi connectivity index (χ3n) is 3.30. The molecule has 1 heterocycles. The van der Waals surface area contributed by atoms with Crippen molar-refractivity contribution < 1.29 is 9.53 Å². The van der Waals surface area contributed by atoms with Gasteiger partial charge in [-0.25, -0.2) is 4.98 Å². The van der Waals surface area contributed by atoms with Crippen molar-refractivity contribution in [2.24, 2.45) is 0 Å². The number of esters is 1. The summed E-state index contributed by atoms with van der Waals surface area (Å²) in [6.07, 6.45) is 1.84. The summed E-state index contributed by atoms with van der Waals surface area (Å²) in [4.78, 5) is 15.4. The van der Waals surface area contributed by atoms with E-state index < -0.39 is 0 Å². The van der Waals surface area contributed by atoms with Crippen molar-refractivity contribution in [2.45, 2.75) is 19.9 Å². The lowest BCUT2D eigenvalue weighted by Crippen LogP contribution is -2.05. The second-order valence-corrected chi connectivity index (χ2v) is 4.92. The Labute approximate surface area is 129 Å². The number of nitrogens with one attached hydrogen (secondary N) is 1. The van der Waals surface area contributed by atoms with Crippen molar-refractivity contribution in [1.82, 2.24) is 4.98 Å². The van der Waals surface area contributed by atoms with Crippen LogP contribution in [0.1, 0.15) is 22.3 Å². The maximum Gasteiger partial charge on any atom is 0.309 e. The molecular formula is C17H17N3O2. The van der Waals surface area contributed by atoms with Gasteiger partial charge in [-0.1, -0.05) is 24.3 Å². The Hall–Kier alpha value is -2.87. The van der Waals surface area contributed by atoms with E-state index in [-0.39, 0.29) is 12.4 Å². The van der Waals surface area contributed by atoms with Crippen LogP contribution >= 0.6 is 0 Å². The number of carbonyl (C=O) groups excluding carboxylic acids is 1. The molecule has 112 valence electrons. The van der Waals surface area contributed by atoms with Gasteiger partial charge in [0.15, 0.2) is 0 Å². The molecule has 2 aromatic rings. The van der Waals surface area contributed by atoms with Gasteiger partial charge < -0.3 is 10.1 Å². The van der Waals surface area contributed by atoms with Crippen LogP contribution in [0.4, 0.5) is 5.82 Å². The molecule has 0 spiro atoms. The molecule has 0 atom stereocenters. The average Bonchev–Trinajstić information content (AvgIpc) is 2.54. The highest BCUT2D eigenvalue weighted by Gasteiger charge is 2.03. The van der Waals surface area contributed by atoms with E-state index in [1.54, 1.807) is 6.20 Å². The van der Waals surface area contributed by atoms with E-state index in [4.69, 9.17) is 5.26 Å². The first kappa shape index (κ1) is 15.5. The second kappa shape index (κ2) is 7.23. The fourth-order valence-electron chi connectivity index (χ4n) is 1.98. The van der Waals surface area contributed by atoms with E-state index in [2.05, 4.69) is 21.1 Å². The third-order valence-corrected chi connectivity index (χ3v) is 3.30. The number of carbonyl (C=O) groups is 1. The van der Waals surface area contributed by atoms with Gasteiger partial charge in [-0.2, -0.15) is 5.26 Å². The Morgan fingerprint density at radius 1 is 1.32 bits per heavy atom. The van der Waals surface area contributed by atoms with Gasteiger partial charge in [-0.3, -0.25) is 4.79 Å². The van der Waals surface area contributed by atoms with E-state index in [9.17, 15) is 4.79 Å². The summed E-state index contributed by atoms with van der Waals surface area (Å²) in [6, 6.07) is 11.7. The Kier molecular flexibility index (Phi) is 5.10. The van der Waals surface area contributed by atoms with Gasteiger partial charge in [0.05, 0.1) is 19.1 Å². The molecule has 0 saturated carbocycles. The number of aryl methyl sites for hydroxylation is 1. The molecule has 0 aliphatic rings. The fraction of sp³-hybridized carbons (Fsp3) is 0.235. The standard InChI is InChI=1S/C17H17N3O2/c1-12-7-16(20-11-15(12)9-18)19-10-14-5-3-13(4-6-14)8-17(21)22-2/h3-7,11H,8,10H2,1-2H3,(H,19,20). The summed E-state index contributed by atoms with van der Waals surface area (Å²) in [5.41, 5.74) is 3.48. The van der Waals surface area contributed by atoms with Gasteiger partial charge in [0.1, 0.15) is 11.9 Å². The molecule has 0 aliphatic heterocycles. The maximum atomic E-state index is 11.2. The zero-order valence-electron chi connectivity index (χ0n) is 12.6. The molecule has 5 heteroatoms. The van der Waals surface area contributed by atoms with Gasteiger partial charge >= 0.3 is 5.97 Å². The summed E-state index contributed by atoms with van der Waals surface area (Å²) >= 11 is 0. The number of ether oxygens (including phenoxy) is 1. The van der Waals surface area contributed by atoms with Gasteiger partial charge in [-0.05, 0) is 29.7 Å². The van der Waals surface area contributed by atoms with Crippen molar-refractivity contribution in [3.63, 3.8) is 0 Å². The minimum absolute atomic E-state index is 0.247. The first-order valence-corrected chi connectivity index (χ1v) is 6.87. The molecule has 0 saturated heterocycles. The number of hydrogen-bond acceptors (Lipinski definition) is 5. The number of benzene rings is 1. The second-order valence-electron chi connectivity index (χ2n) is 4.92. The summed E-state index contributed by atoms with van der Waals surface area (Å²) in [5.74, 6) is 0.485. The highest BCUT2D eigenvalue weighted by Crippen LogP contribution is 2.12. The lowest BCUT2D eigenvalue weighted by Gasteiger charge is -2.08. The first-order valence-electron chi connectivity index (χ1n) is 6.87. The van der Waals surface area contributed by atoms with Crippen LogP contribution < -0.4 is 5.32 Å². The van der Waals surface area contributed by atoms with Crippen LogP contribution in [0, 0.1) is 18.3 Å². The van der Waals surface area contributed by atoms with E-state index in [0.717, 1.165) is 22.5 Å². The van der Waals surface area contributed by atoms with Gasteiger partial charge in [0.2, 0.25) is 0 Å². The molecule has 2 rings (SSSR count). The van der Waals surface area contributed by atoms with Crippen molar-refractivity contribution in [2.75, 3.05) is 12.4 Å². The number of methoxy groups -OCH3 is 1. The highest BCUT2D eigenvalue weighted by atomic mass is 16.5. The predicted molar refractivity (Wildman–Crippen MR) is 83.2 cm³/mol. The van der Waals surface area contributed by atoms with Crippen LogP contribution in [-0.2, 0) is 22.5 Å². The number of rotatable bonds is 5. The summed E-state index contributed by atoms with van der Waals surface area (Å²) < 4.78 is 4.64. The minimum Gasteiger partial charge on any atom is -0.469 e. The summed E-state index contributed by atoms with van der Waals surface area (Å²) in [5, 5.41) is 12.1. The first-order chi connectivity index (χ1) is 10.6. The van der Waals surface area contributed by atoms with Crippen LogP contribution in [0.5, 0.6) is 0 Å². The molecule has 0 bridgehead atoms. The van der Waals surface area contributed by atoms with Crippen LogP contribution in [-0.4, -0.2) is 18.1 Å². The maximum absolute atomic E-state index is 11.2. The van der Waals surface area contributed by atoms with E-state index in [1.165, 1.54) is 7.11 Å². The van der Waals surface area contributed by atoms with Gasteiger partial charge in [-0.15, -0.1) is 0 Å². The molecule has 0 radical (unpaired) electrons. The SMILES string of the molecule is COC(=O)Cc1ccc(CNc2cc(C)c(C#N)cn2)cc1. The molecular weight excluding hydrogens is 278 g/mol. The third kappa shape index (κ3) is 4.06. The number of nitrogens with zero attached hydrogens (tertiary/aromatic N) is 2.